The van der Waals surface area contributed by atoms with Crippen molar-refractivity contribution < 1.29 is 13.2 Å². The largest absolute Gasteiger partial charge is 0.349 e. The van der Waals surface area contributed by atoms with Gasteiger partial charge in [-0.3, -0.25) is 9.10 Å². The smallest absolute Gasteiger partial charge is 0.251 e. The van der Waals surface area contributed by atoms with Crippen LogP contribution in [0.3, 0.4) is 0 Å². The van der Waals surface area contributed by atoms with E-state index in [4.69, 9.17) is 0 Å². The second kappa shape index (κ2) is 9.04. The van der Waals surface area contributed by atoms with Crippen molar-refractivity contribution in [3.63, 3.8) is 0 Å². The Bertz CT molecular complexity index is 675. The fourth-order valence-corrected chi connectivity index (χ4v) is 4.08. The summed E-state index contributed by atoms with van der Waals surface area (Å²) in [7, 11) is -3.38. The van der Waals surface area contributed by atoms with E-state index < -0.39 is 10.0 Å². The van der Waals surface area contributed by atoms with Gasteiger partial charge < -0.3 is 5.32 Å². The molecule has 2 rings (SSSR count). The third-order valence-corrected chi connectivity index (χ3v) is 5.71. The van der Waals surface area contributed by atoms with Crippen molar-refractivity contribution in [1.82, 2.24) is 5.32 Å². The number of nitrogens with one attached hydrogen (secondary N) is 1. The molecular formula is C19H28N2O3S. The molecule has 138 valence electrons. The van der Waals surface area contributed by atoms with E-state index in [-0.39, 0.29) is 18.5 Å². The average Bonchev–Trinajstić information content (AvgIpc) is 2.54. The molecule has 1 aliphatic rings. The molecule has 5 nitrogen and oxygen atoms in total. The molecule has 1 saturated carbocycles. The summed E-state index contributed by atoms with van der Waals surface area (Å²) in [5, 5.41) is 3.12. The number of anilines is 1. The van der Waals surface area contributed by atoms with Gasteiger partial charge >= 0.3 is 0 Å². The summed E-state index contributed by atoms with van der Waals surface area (Å²) in [4.78, 5) is 12.5. The Kier molecular flexibility index (Phi) is 7.05. The van der Waals surface area contributed by atoms with Crippen molar-refractivity contribution in [2.45, 2.75) is 51.0 Å². The Morgan fingerprint density at radius 3 is 2.24 bits per heavy atom. The molecule has 0 radical (unpaired) electrons. The van der Waals surface area contributed by atoms with Crippen molar-refractivity contribution in [1.29, 1.82) is 0 Å². The van der Waals surface area contributed by atoms with Crippen LogP contribution in [0.25, 0.3) is 0 Å². The first-order valence-electron chi connectivity index (χ1n) is 8.91. The highest BCUT2D eigenvalue weighted by atomic mass is 32.2. The molecule has 0 aliphatic heterocycles. The SMILES string of the molecule is C=CCN(c1ccc(C(=O)NC2CCCCCCC2)cc1)S(C)(=O)=O. The topological polar surface area (TPSA) is 66.5 Å². The minimum atomic E-state index is -3.38. The lowest BCUT2D eigenvalue weighted by atomic mass is 9.96. The maximum atomic E-state index is 12.5. The van der Waals surface area contributed by atoms with Crippen molar-refractivity contribution in [3.8, 4) is 0 Å². The van der Waals surface area contributed by atoms with Gasteiger partial charge in [0.05, 0.1) is 18.5 Å². The van der Waals surface area contributed by atoms with Crippen LogP contribution in [-0.4, -0.2) is 33.2 Å². The highest BCUT2D eigenvalue weighted by Crippen LogP contribution is 2.20. The van der Waals surface area contributed by atoms with Gasteiger partial charge in [-0.25, -0.2) is 8.42 Å². The Morgan fingerprint density at radius 2 is 1.72 bits per heavy atom. The van der Waals surface area contributed by atoms with Crippen molar-refractivity contribution in [3.05, 3.63) is 42.5 Å². The minimum Gasteiger partial charge on any atom is -0.349 e. The van der Waals surface area contributed by atoms with Gasteiger partial charge in [-0.05, 0) is 37.1 Å². The summed E-state index contributed by atoms with van der Waals surface area (Å²) in [6.45, 7) is 3.80. The normalized spacial score (nSPS) is 16.5. The lowest BCUT2D eigenvalue weighted by Crippen LogP contribution is -2.35. The van der Waals surface area contributed by atoms with Crippen LogP contribution in [0.1, 0.15) is 55.3 Å². The Morgan fingerprint density at radius 1 is 1.16 bits per heavy atom. The summed E-state index contributed by atoms with van der Waals surface area (Å²) in [5.74, 6) is -0.0910. The van der Waals surface area contributed by atoms with E-state index in [2.05, 4.69) is 11.9 Å². The van der Waals surface area contributed by atoms with E-state index in [9.17, 15) is 13.2 Å². The van der Waals surface area contributed by atoms with E-state index in [1.807, 2.05) is 0 Å². The number of nitrogens with zero attached hydrogens (tertiary/aromatic N) is 1. The molecule has 0 heterocycles. The fourth-order valence-electron chi connectivity index (χ4n) is 3.20. The number of benzene rings is 1. The first-order chi connectivity index (χ1) is 11.9. The van der Waals surface area contributed by atoms with Gasteiger partial charge in [0, 0.05) is 11.6 Å². The molecule has 0 spiro atoms. The van der Waals surface area contributed by atoms with Crippen LogP contribution in [0.4, 0.5) is 5.69 Å². The second-order valence-corrected chi connectivity index (χ2v) is 8.55. The fraction of sp³-hybridized carbons (Fsp3) is 0.526. The lowest BCUT2D eigenvalue weighted by Gasteiger charge is -2.22. The Balaban J connectivity index is 2.05. The predicted molar refractivity (Wildman–Crippen MR) is 102 cm³/mol. The van der Waals surface area contributed by atoms with E-state index in [1.165, 1.54) is 29.6 Å². The van der Waals surface area contributed by atoms with Crippen molar-refractivity contribution in [2.24, 2.45) is 0 Å². The standard InChI is InChI=1S/C19H28N2O3S/c1-3-15-21(25(2,23)24)18-13-11-16(12-14-18)19(22)20-17-9-7-5-4-6-8-10-17/h3,11-14,17H,1,4-10,15H2,2H3,(H,20,22). The van der Waals surface area contributed by atoms with Crippen LogP contribution >= 0.6 is 0 Å². The molecular weight excluding hydrogens is 336 g/mol. The summed E-state index contributed by atoms with van der Waals surface area (Å²) in [6, 6.07) is 6.92. The summed E-state index contributed by atoms with van der Waals surface area (Å²) < 4.78 is 25.0. The molecule has 1 fully saturated rings. The second-order valence-electron chi connectivity index (χ2n) is 6.65. The summed E-state index contributed by atoms with van der Waals surface area (Å²) in [5.41, 5.74) is 1.09. The summed E-state index contributed by atoms with van der Waals surface area (Å²) >= 11 is 0. The highest BCUT2D eigenvalue weighted by Gasteiger charge is 2.18. The van der Waals surface area contributed by atoms with Gasteiger partial charge in [-0.15, -0.1) is 6.58 Å². The molecule has 1 amide bonds. The zero-order valence-electron chi connectivity index (χ0n) is 14.9. The van der Waals surface area contributed by atoms with Gasteiger partial charge in [0.15, 0.2) is 0 Å². The molecule has 1 aliphatic carbocycles. The number of hydrogen-bond donors (Lipinski definition) is 1. The lowest BCUT2D eigenvalue weighted by molar-refractivity contribution is 0.0930. The van der Waals surface area contributed by atoms with Gasteiger partial charge in [0.2, 0.25) is 10.0 Å². The molecule has 1 aromatic rings. The van der Waals surface area contributed by atoms with Crippen LogP contribution < -0.4 is 9.62 Å². The van der Waals surface area contributed by atoms with Crippen LogP contribution in [0.2, 0.25) is 0 Å². The Hall–Kier alpha value is -1.82. The van der Waals surface area contributed by atoms with E-state index >= 15 is 0 Å². The third kappa shape index (κ3) is 5.88. The number of amides is 1. The molecule has 6 heteroatoms. The van der Waals surface area contributed by atoms with Gasteiger partial charge in [0.1, 0.15) is 0 Å². The molecule has 0 bridgehead atoms. The minimum absolute atomic E-state index is 0.0910. The van der Waals surface area contributed by atoms with Crippen molar-refractivity contribution in [2.75, 3.05) is 17.1 Å². The molecule has 0 unspecified atom stereocenters. The van der Waals surface area contributed by atoms with E-state index in [1.54, 1.807) is 24.3 Å². The quantitative estimate of drug-likeness (QED) is 0.786. The van der Waals surface area contributed by atoms with Crippen LogP contribution in [0.15, 0.2) is 36.9 Å². The summed E-state index contributed by atoms with van der Waals surface area (Å²) in [6.07, 6.45) is 10.9. The molecule has 1 N–H and O–H groups in total. The van der Waals surface area contributed by atoms with Crippen molar-refractivity contribution >= 4 is 21.6 Å². The maximum absolute atomic E-state index is 12.5. The number of sulfonamides is 1. The molecule has 0 aromatic heterocycles. The average molecular weight is 365 g/mol. The predicted octanol–water partition coefficient (Wildman–Crippen LogP) is 3.48. The van der Waals surface area contributed by atoms with E-state index in [0.29, 0.717) is 11.3 Å². The highest BCUT2D eigenvalue weighted by molar-refractivity contribution is 7.92. The molecule has 0 atom stereocenters. The first kappa shape index (κ1) is 19.5. The van der Waals surface area contributed by atoms with Gasteiger partial charge in [-0.2, -0.15) is 0 Å². The van der Waals surface area contributed by atoms with Crippen LogP contribution in [0.5, 0.6) is 0 Å². The third-order valence-electron chi connectivity index (χ3n) is 4.55. The van der Waals surface area contributed by atoms with Gasteiger partial charge in [0.25, 0.3) is 5.91 Å². The zero-order chi connectivity index (χ0) is 18.3. The van der Waals surface area contributed by atoms with Gasteiger partial charge in [-0.1, -0.05) is 38.2 Å². The zero-order valence-corrected chi connectivity index (χ0v) is 15.7. The Labute approximate surface area is 151 Å². The first-order valence-corrected chi connectivity index (χ1v) is 10.8. The molecule has 25 heavy (non-hydrogen) atoms. The van der Waals surface area contributed by atoms with E-state index in [0.717, 1.165) is 31.9 Å². The maximum Gasteiger partial charge on any atom is 0.251 e. The number of carbonyl (C=O) groups excluding carboxylic acids is 1. The van der Waals surface area contributed by atoms with Crippen LogP contribution in [0, 0.1) is 0 Å². The number of rotatable bonds is 6. The van der Waals surface area contributed by atoms with Crippen LogP contribution in [-0.2, 0) is 10.0 Å². The molecule has 1 aromatic carbocycles. The monoisotopic (exact) mass is 364 g/mol. The molecule has 0 saturated heterocycles. The number of hydrogen-bond acceptors (Lipinski definition) is 3. The number of carbonyl (C=O) groups is 1.